The van der Waals surface area contributed by atoms with Gasteiger partial charge < -0.3 is 14.5 Å². The summed E-state index contributed by atoms with van der Waals surface area (Å²) < 4.78 is 5.44. The molecule has 0 aliphatic carbocycles. The molecule has 0 unspecified atom stereocenters. The Hall–Kier alpha value is -2.37. The third kappa shape index (κ3) is 6.19. The third-order valence-electron chi connectivity index (χ3n) is 7.00. The van der Waals surface area contributed by atoms with E-state index in [2.05, 4.69) is 36.2 Å². The SMILES string of the molecule is COc1ccccc1CCN(C)CCCCCC(=O)c1cc2c3c(c1)CCC(=O)N3CCC2.Cl. The second-order valence-corrected chi connectivity index (χ2v) is 9.39. The molecule has 6 heteroatoms. The molecule has 0 saturated heterocycles. The minimum atomic E-state index is 0. The largest absolute Gasteiger partial charge is 0.496 e. The van der Waals surface area contributed by atoms with E-state index >= 15 is 0 Å². The Kier molecular flexibility index (Phi) is 9.54. The van der Waals surface area contributed by atoms with Gasteiger partial charge >= 0.3 is 0 Å². The second kappa shape index (κ2) is 12.4. The number of Topliss-reactive ketones (excluding diaryl/α,β-unsaturated/α-hetero) is 1. The summed E-state index contributed by atoms with van der Waals surface area (Å²) in [5.41, 5.74) is 5.56. The van der Waals surface area contributed by atoms with Crippen LogP contribution in [0.4, 0.5) is 5.69 Å². The summed E-state index contributed by atoms with van der Waals surface area (Å²) in [7, 11) is 3.88. The van der Waals surface area contributed by atoms with Gasteiger partial charge in [0.25, 0.3) is 0 Å². The maximum absolute atomic E-state index is 12.9. The number of anilines is 1. The van der Waals surface area contributed by atoms with Gasteiger partial charge in [0.2, 0.25) is 5.91 Å². The normalized spacial score (nSPS) is 14.6. The Bertz CT molecular complexity index is 990. The zero-order valence-electron chi connectivity index (χ0n) is 20.5. The van der Waals surface area contributed by atoms with Crippen LogP contribution in [0.5, 0.6) is 5.75 Å². The molecule has 184 valence electrons. The number of unbranched alkanes of at least 4 members (excludes halogenated alkanes) is 2. The molecule has 2 aromatic rings. The number of hydrogen-bond acceptors (Lipinski definition) is 4. The zero-order valence-corrected chi connectivity index (χ0v) is 21.3. The van der Waals surface area contributed by atoms with Gasteiger partial charge in [0.1, 0.15) is 5.75 Å². The van der Waals surface area contributed by atoms with Crippen molar-refractivity contribution >= 4 is 29.8 Å². The second-order valence-electron chi connectivity index (χ2n) is 9.39. The lowest BCUT2D eigenvalue weighted by Crippen LogP contribution is -2.39. The van der Waals surface area contributed by atoms with Gasteiger partial charge in [0.05, 0.1) is 12.8 Å². The summed E-state index contributed by atoms with van der Waals surface area (Å²) >= 11 is 0. The first-order chi connectivity index (χ1) is 16.1. The maximum atomic E-state index is 12.9. The van der Waals surface area contributed by atoms with Crippen LogP contribution in [-0.4, -0.2) is 50.4 Å². The Morgan fingerprint density at radius 3 is 2.59 bits per heavy atom. The quantitative estimate of drug-likeness (QED) is 0.322. The summed E-state index contributed by atoms with van der Waals surface area (Å²) in [6.07, 6.45) is 7.95. The topological polar surface area (TPSA) is 49.9 Å². The van der Waals surface area contributed by atoms with Gasteiger partial charge in [-0.2, -0.15) is 0 Å². The number of carbonyl (C=O) groups excluding carboxylic acids is 2. The van der Waals surface area contributed by atoms with Crippen molar-refractivity contribution < 1.29 is 14.3 Å². The van der Waals surface area contributed by atoms with Crippen LogP contribution in [-0.2, 0) is 24.1 Å². The highest BCUT2D eigenvalue weighted by Crippen LogP contribution is 2.37. The molecule has 2 aromatic carbocycles. The monoisotopic (exact) mass is 484 g/mol. The molecule has 0 bridgehead atoms. The van der Waals surface area contributed by atoms with Crippen LogP contribution in [0.25, 0.3) is 0 Å². The molecular weight excluding hydrogens is 448 g/mol. The molecule has 0 fully saturated rings. The number of halogens is 1. The first-order valence-electron chi connectivity index (χ1n) is 12.4. The molecule has 34 heavy (non-hydrogen) atoms. The first kappa shape index (κ1) is 26.2. The molecule has 2 aliphatic rings. The van der Waals surface area contributed by atoms with Gasteiger partial charge in [-0.1, -0.05) is 24.6 Å². The van der Waals surface area contributed by atoms with Gasteiger partial charge in [-0.15, -0.1) is 12.4 Å². The molecule has 2 heterocycles. The van der Waals surface area contributed by atoms with Gasteiger partial charge in [-0.3, -0.25) is 9.59 Å². The highest BCUT2D eigenvalue weighted by molar-refractivity contribution is 6.01. The number of amides is 1. The lowest BCUT2D eigenvalue weighted by atomic mass is 9.88. The van der Waals surface area contributed by atoms with Gasteiger partial charge in [0.15, 0.2) is 5.78 Å². The molecule has 0 aromatic heterocycles. The van der Waals surface area contributed by atoms with E-state index in [1.54, 1.807) is 7.11 Å². The summed E-state index contributed by atoms with van der Waals surface area (Å²) in [5.74, 6) is 1.43. The Morgan fingerprint density at radius 1 is 1.03 bits per heavy atom. The molecule has 0 radical (unpaired) electrons. The van der Waals surface area contributed by atoms with Crippen LogP contribution in [0.15, 0.2) is 36.4 Å². The zero-order chi connectivity index (χ0) is 23.2. The predicted octanol–water partition coefficient (Wildman–Crippen LogP) is 5.26. The van der Waals surface area contributed by atoms with E-state index in [4.69, 9.17) is 4.74 Å². The van der Waals surface area contributed by atoms with E-state index in [-0.39, 0.29) is 24.1 Å². The van der Waals surface area contributed by atoms with Crippen LogP contribution in [0.2, 0.25) is 0 Å². The first-order valence-corrected chi connectivity index (χ1v) is 12.4. The molecule has 4 rings (SSSR count). The van der Waals surface area contributed by atoms with Crippen molar-refractivity contribution in [2.24, 2.45) is 0 Å². The van der Waals surface area contributed by atoms with E-state index in [0.717, 1.165) is 81.6 Å². The minimum absolute atomic E-state index is 0. The van der Waals surface area contributed by atoms with Crippen LogP contribution < -0.4 is 9.64 Å². The van der Waals surface area contributed by atoms with Crippen molar-refractivity contribution in [3.05, 3.63) is 58.7 Å². The standard InChI is InChI=1S/C28H36N2O3.ClH/c1-29(18-15-21-9-5-6-12-26(21)33-2)16-7-3-4-11-25(31)24-19-22-10-8-17-30-27(32)14-13-23(20-24)28(22)30;/h5-6,9,12,19-20H,3-4,7-8,10-11,13-18H2,1-2H3;1H. The predicted molar refractivity (Wildman–Crippen MR) is 140 cm³/mol. The summed E-state index contributed by atoms with van der Waals surface area (Å²) in [6, 6.07) is 12.3. The van der Waals surface area contributed by atoms with Crippen molar-refractivity contribution in [2.75, 3.05) is 38.7 Å². The number of ketones is 1. The highest BCUT2D eigenvalue weighted by Gasteiger charge is 2.30. The number of para-hydroxylation sites is 1. The van der Waals surface area contributed by atoms with Crippen molar-refractivity contribution in [3.63, 3.8) is 0 Å². The number of nitrogens with zero attached hydrogens (tertiary/aromatic N) is 2. The Labute approximate surface area is 209 Å². The van der Waals surface area contributed by atoms with E-state index < -0.39 is 0 Å². The van der Waals surface area contributed by atoms with Crippen molar-refractivity contribution in [1.82, 2.24) is 4.90 Å². The number of aryl methyl sites for hydroxylation is 2. The minimum Gasteiger partial charge on any atom is -0.496 e. The van der Waals surface area contributed by atoms with E-state index in [0.29, 0.717) is 12.8 Å². The number of rotatable bonds is 11. The number of benzene rings is 2. The van der Waals surface area contributed by atoms with E-state index in [9.17, 15) is 9.59 Å². The number of ether oxygens (including phenoxy) is 1. The van der Waals surface area contributed by atoms with Crippen LogP contribution in [0.3, 0.4) is 0 Å². The molecule has 1 amide bonds. The van der Waals surface area contributed by atoms with Crippen molar-refractivity contribution in [3.8, 4) is 5.75 Å². The summed E-state index contributed by atoms with van der Waals surface area (Å²) in [5, 5.41) is 0. The van der Waals surface area contributed by atoms with Crippen LogP contribution >= 0.6 is 12.4 Å². The number of likely N-dealkylation sites (N-methyl/N-ethyl adjacent to an activating group) is 1. The van der Waals surface area contributed by atoms with Gasteiger partial charge in [0, 0.05) is 31.5 Å². The van der Waals surface area contributed by atoms with E-state index in [1.165, 1.54) is 16.7 Å². The molecule has 0 N–H and O–H groups in total. The van der Waals surface area contributed by atoms with Crippen LogP contribution in [0.1, 0.15) is 65.6 Å². The smallest absolute Gasteiger partial charge is 0.227 e. The van der Waals surface area contributed by atoms with Gasteiger partial charge in [-0.05, 0) is 87.0 Å². The lowest BCUT2D eigenvalue weighted by molar-refractivity contribution is -0.119. The molecule has 0 spiro atoms. The van der Waals surface area contributed by atoms with Crippen LogP contribution in [0, 0.1) is 0 Å². The molecule has 5 nitrogen and oxygen atoms in total. The van der Waals surface area contributed by atoms with E-state index in [1.807, 2.05) is 17.0 Å². The number of carbonyl (C=O) groups is 2. The molecule has 0 atom stereocenters. The fourth-order valence-corrected chi connectivity index (χ4v) is 5.14. The number of methoxy groups -OCH3 is 1. The average molecular weight is 485 g/mol. The van der Waals surface area contributed by atoms with Crippen molar-refractivity contribution in [2.45, 2.75) is 57.8 Å². The maximum Gasteiger partial charge on any atom is 0.227 e. The fraction of sp³-hybridized carbons (Fsp3) is 0.500. The fourth-order valence-electron chi connectivity index (χ4n) is 5.14. The molecule has 2 aliphatic heterocycles. The van der Waals surface area contributed by atoms with Crippen molar-refractivity contribution in [1.29, 1.82) is 0 Å². The Morgan fingerprint density at radius 2 is 1.79 bits per heavy atom. The lowest BCUT2D eigenvalue weighted by Gasteiger charge is -2.35. The summed E-state index contributed by atoms with van der Waals surface area (Å²) in [6.45, 7) is 2.85. The molecular formula is C28H37ClN2O3. The Balaban J connectivity index is 0.00000324. The average Bonchev–Trinajstić information content (AvgIpc) is 2.84. The highest BCUT2D eigenvalue weighted by atomic mass is 35.5. The van der Waals surface area contributed by atoms with Gasteiger partial charge in [-0.25, -0.2) is 0 Å². The molecule has 0 saturated carbocycles. The summed E-state index contributed by atoms with van der Waals surface area (Å²) in [4.78, 5) is 29.4. The number of hydrogen-bond donors (Lipinski definition) is 0. The third-order valence-corrected chi connectivity index (χ3v) is 7.00.